The Kier molecular flexibility index (Phi) is 14.7. The van der Waals surface area contributed by atoms with Gasteiger partial charge in [0.25, 0.3) is 0 Å². The molecule has 43 heavy (non-hydrogen) atoms. The molecular formula is C34H38BiN2O4S2. The van der Waals surface area contributed by atoms with Gasteiger partial charge in [-0.25, -0.2) is 16.8 Å². The third-order valence-electron chi connectivity index (χ3n) is 6.32. The second kappa shape index (κ2) is 17.4. The molecule has 9 heteroatoms. The number of hydrogen-bond donors (Lipinski definition) is 0. The van der Waals surface area contributed by atoms with Gasteiger partial charge < -0.3 is 9.44 Å². The van der Waals surface area contributed by atoms with Crippen LogP contribution >= 0.6 is 0 Å². The number of hydrogen-bond acceptors (Lipinski definition) is 4. The van der Waals surface area contributed by atoms with Crippen molar-refractivity contribution in [2.45, 2.75) is 48.6 Å². The summed E-state index contributed by atoms with van der Waals surface area (Å²) in [6.07, 6.45) is 4.34. The molecule has 3 radical (unpaired) electrons. The average Bonchev–Trinajstić information content (AvgIpc) is 2.98. The zero-order valence-electron chi connectivity index (χ0n) is 24.3. The fourth-order valence-corrected chi connectivity index (χ4v) is 6.31. The number of benzene rings is 4. The van der Waals surface area contributed by atoms with E-state index in [-0.39, 0.29) is 37.4 Å². The molecule has 0 aromatic heterocycles. The molecular weight excluding hydrogens is 773 g/mol. The molecule has 0 heterocycles. The van der Waals surface area contributed by atoms with Crippen LogP contribution in [-0.2, 0) is 20.0 Å². The molecule has 4 rings (SSSR count). The maximum absolute atomic E-state index is 12.4. The summed E-state index contributed by atoms with van der Waals surface area (Å²) in [5.74, 6) is 0. The van der Waals surface area contributed by atoms with Crippen molar-refractivity contribution < 1.29 is 18.3 Å². The van der Waals surface area contributed by atoms with Crippen molar-refractivity contribution in [1.29, 1.82) is 0 Å². The summed E-state index contributed by atoms with van der Waals surface area (Å²) in [4.78, 5) is 0.441. The minimum absolute atomic E-state index is 0. The standard InChI is InChI=1S/2C17H18NO2S.Bi.H2/c2*1-3-7-17(15-8-5-4-6-9-15)18-21(19,20)16-12-10-14(2)11-13-16;;/h2*3-6,8-13,17H,1,7H2,2H3;;1H/q2*-1;+2;. The number of sulfonamides is 2. The van der Waals surface area contributed by atoms with Gasteiger partial charge in [-0.1, -0.05) is 131 Å². The fourth-order valence-electron chi connectivity index (χ4n) is 4.02. The van der Waals surface area contributed by atoms with Gasteiger partial charge in [-0.05, 0) is 51.0 Å². The Morgan fingerprint density at radius 3 is 1.16 bits per heavy atom. The van der Waals surface area contributed by atoms with E-state index in [4.69, 9.17) is 0 Å². The second-order valence-electron chi connectivity index (χ2n) is 9.69. The molecule has 4 aromatic carbocycles. The fraction of sp³-hybridized carbons (Fsp3) is 0.176. The smallest absolute Gasteiger partial charge is 0.538 e. The van der Waals surface area contributed by atoms with Gasteiger partial charge in [-0.15, -0.1) is 13.2 Å². The van der Waals surface area contributed by atoms with Crippen molar-refractivity contribution in [1.82, 2.24) is 0 Å². The van der Waals surface area contributed by atoms with Gasteiger partial charge >= 0.3 is 26.2 Å². The van der Waals surface area contributed by atoms with E-state index in [1.54, 1.807) is 60.7 Å². The molecule has 0 saturated heterocycles. The predicted molar refractivity (Wildman–Crippen MR) is 179 cm³/mol. The van der Waals surface area contributed by atoms with E-state index in [1.807, 2.05) is 74.5 Å². The number of rotatable bonds is 12. The van der Waals surface area contributed by atoms with Crippen LogP contribution < -0.4 is 0 Å². The minimum Gasteiger partial charge on any atom is -0.538 e. The summed E-state index contributed by atoms with van der Waals surface area (Å²) in [6, 6.07) is 31.4. The minimum atomic E-state index is -3.67. The van der Waals surface area contributed by atoms with Crippen molar-refractivity contribution in [2.24, 2.45) is 0 Å². The van der Waals surface area contributed by atoms with Gasteiger partial charge in [-0.3, -0.25) is 0 Å². The molecule has 0 bridgehead atoms. The van der Waals surface area contributed by atoms with Gasteiger partial charge in [0, 0.05) is 11.2 Å². The third-order valence-corrected chi connectivity index (χ3v) is 9.12. The molecule has 0 aliphatic heterocycles. The molecule has 4 aromatic rings. The molecule has 2 unspecified atom stereocenters. The van der Waals surface area contributed by atoms with Crippen LogP contribution in [0.15, 0.2) is 144 Å². The van der Waals surface area contributed by atoms with Gasteiger partial charge in [0.2, 0.25) is 0 Å². The molecule has 0 amide bonds. The summed E-state index contributed by atoms with van der Waals surface area (Å²) in [6.45, 7) is 11.2. The predicted octanol–water partition coefficient (Wildman–Crippen LogP) is 8.61. The van der Waals surface area contributed by atoms with Crippen molar-refractivity contribution in [3.63, 3.8) is 0 Å². The topological polar surface area (TPSA) is 96.5 Å². The Balaban J connectivity index is 0.000000421. The first kappa shape index (κ1) is 36.3. The average molecular weight is 812 g/mol. The largest absolute Gasteiger partial charge is 2.00 e. The summed E-state index contributed by atoms with van der Waals surface area (Å²) in [5.41, 5.74) is 3.76. The maximum Gasteiger partial charge on any atom is 2.00 e. The molecule has 225 valence electrons. The van der Waals surface area contributed by atoms with Crippen LogP contribution in [-0.4, -0.2) is 43.0 Å². The molecule has 0 fully saturated rings. The van der Waals surface area contributed by atoms with Gasteiger partial charge in [0.05, 0.1) is 0 Å². The first-order valence-electron chi connectivity index (χ1n) is 13.4. The second-order valence-corrected chi connectivity index (χ2v) is 13.0. The van der Waals surface area contributed by atoms with E-state index in [1.165, 1.54) is 0 Å². The first-order valence-corrected chi connectivity index (χ1v) is 16.3. The van der Waals surface area contributed by atoms with Crippen LogP contribution in [0.5, 0.6) is 0 Å². The Morgan fingerprint density at radius 1 is 0.581 bits per heavy atom. The van der Waals surface area contributed by atoms with Crippen LogP contribution in [0.25, 0.3) is 9.44 Å². The zero-order valence-corrected chi connectivity index (χ0v) is 29.4. The van der Waals surface area contributed by atoms with Crippen molar-refractivity contribution in [2.75, 3.05) is 0 Å². The molecule has 0 aliphatic carbocycles. The third kappa shape index (κ3) is 11.3. The van der Waals surface area contributed by atoms with Gasteiger partial charge in [-0.2, -0.15) is 0 Å². The Bertz CT molecular complexity index is 1520. The molecule has 0 saturated carbocycles. The summed E-state index contributed by atoms with van der Waals surface area (Å²) in [7, 11) is -7.34. The summed E-state index contributed by atoms with van der Waals surface area (Å²) >= 11 is 0. The Labute approximate surface area is 277 Å². The van der Waals surface area contributed by atoms with E-state index in [0.29, 0.717) is 12.8 Å². The quantitative estimate of drug-likeness (QED) is 0.106. The Hall–Kier alpha value is -2.94. The van der Waals surface area contributed by atoms with E-state index >= 15 is 0 Å². The molecule has 0 aliphatic rings. The van der Waals surface area contributed by atoms with Crippen molar-refractivity contribution in [3.8, 4) is 0 Å². The summed E-state index contributed by atoms with van der Waals surface area (Å²) < 4.78 is 57.7. The monoisotopic (exact) mass is 811 g/mol. The Morgan fingerprint density at radius 2 is 0.884 bits per heavy atom. The van der Waals surface area contributed by atoms with Crippen LogP contribution in [0, 0.1) is 13.8 Å². The SMILES string of the molecule is C=CCC([N-]S(=O)(=O)c1ccc(C)cc1)c1ccccc1.C=CCC([N-]S(=O)(=O)c1ccc(C)cc1)c1ccccc1.[Bi+2].[HH]. The number of aryl methyl sites for hydroxylation is 2. The maximum atomic E-state index is 12.4. The van der Waals surface area contributed by atoms with Crippen LogP contribution in [0.3, 0.4) is 0 Å². The van der Waals surface area contributed by atoms with E-state index in [0.717, 1.165) is 22.3 Å². The molecule has 2 atom stereocenters. The van der Waals surface area contributed by atoms with Gasteiger partial charge in [0.15, 0.2) is 0 Å². The molecule has 0 spiro atoms. The van der Waals surface area contributed by atoms with E-state index in [2.05, 4.69) is 22.6 Å². The van der Waals surface area contributed by atoms with Crippen LogP contribution in [0.2, 0.25) is 0 Å². The van der Waals surface area contributed by atoms with E-state index < -0.39 is 32.1 Å². The van der Waals surface area contributed by atoms with Crippen molar-refractivity contribution >= 4 is 46.2 Å². The summed E-state index contributed by atoms with van der Waals surface area (Å²) in [5, 5.41) is 0. The van der Waals surface area contributed by atoms with E-state index in [9.17, 15) is 16.8 Å². The van der Waals surface area contributed by atoms with Gasteiger partial charge in [0.1, 0.15) is 20.0 Å². The molecule has 6 nitrogen and oxygen atoms in total. The molecule has 0 N–H and O–H groups in total. The van der Waals surface area contributed by atoms with Crippen molar-refractivity contribution in [3.05, 3.63) is 166 Å². The number of nitrogens with zero attached hydrogens (tertiary/aromatic N) is 2. The first-order chi connectivity index (χ1) is 20.1. The normalized spacial score (nSPS) is 12.5. The van der Waals surface area contributed by atoms with Crippen LogP contribution in [0.4, 0.5) is 0 Å². The van der Waals surface area contributed by atoms with Crippen LogP contribution in [0.1, 0.15) is 48.6 Å². The zero-order chi connectivity index (χ0) is 30.6.